The van der Waals surface area contributed by atoms with E-state index in [2.05, 4.69) is 0 Å². The Morgan fingerprint density at radius 3 is 1.25 bits per heavy atom. The molecule has 0 saturated heterocycles. The van der Waals surface area contributed by atoms with Crippen LogP contribution in [0.5, 0.6) is 0 Å². The Kier molecular flexibility index (Phi) is 2.86. The zero-order chi connectivity index (χ0) is 14.9. The number of Topliss-reactive ketones (excluding diaryl/α,β-unsaturated/α-hetero) is 2. The third kappa shape index (κ3) is 1.55. The van der Waals surface area contributed by atoms with E-state index in [1.54, 1.807) is 24.3 Å². The van der Waals surface area contributed by atoms with E-state index in [0.717, 1.165) is 12.2 Å². The number of ketones is 2. The minimum atomic E-state index is -0.783. The fourth-order valence-corrected chi connectivity index (χ4v) is 1.89. The number of allylic oxidation sites excluding steroid dienone is 8. The summed E-state index contributed by atoms with van der Waals surface area (Å²) in [7, 11) is 0. The van der Waals surface area contributed by atoms with Gasteiger partial charge in [0.05, 0.1) is 0 Å². The SMILES string of the molecule is N#CC1=CC2=C(C#N)C(=O)C(C#N)=CC2=C(C#N)C1=O. The summed E-state index contributed by atoms with van der Waals surface area (Å²) in [6.45, 7) is 0. The highest BCUT2D eigenvalue weighted by Gasteiger charge is 2.33. The monoisotopic (exact) mass is 258 g/mol. The Balaban J connectivity index is 2.91. The Labute approximate surface area is 113 Å². The van der Waals surface area contributed by atoms with Crippen molar-refractivity contribution in [1.82, 2.24) is 0 Å². The zero-order valence-corrected chi connectivity index (χ0v) is 9.76. The van der Waals surface area contributed by atoms with Crippen LogP contribution in [0.3, 0.4) is 0 Å². The molecule has 0 aliphatic heterocycles. The van der Waals surface area contributed by atoms with Crippen molar-refractivity contribution in [1.29, 1.82) is 21.0 Å². The summed E-state index contributed by atoms with van der Waals surface area (Å²) in [5, 5.41) is 35.8. The van der Waals surface area contributed by atoms with Crippen molar-refractivity contribution in [2.75, 3.05) is 0 Å². The van der Waals surface area contributed by atoms with Crippen molar-refractivity contribution in [2.45, 2.75) is 0 Å². The molecule has 0 radical (unpaired) electrons. The molecule has 0 aromatic carbocycles. The Morgan fingerprint density at radius 1 is 0.650 bits per heavy atom. The lowest BCUT2D eigenvalue weighted by atomic mass is 9.80. The van der Waals surface area contributed by atoms with Gasteiger partial charge in [0.2, 0.25) is 11.6 Å². The van der Waals surface area contributed by atoms with Crippen molar-refractivity contribution < 1.29 is 9.59 Å². The predicted molar refractivity (Wildman–Crippen MR) is 62.7 cm³/mol. The maximum Gasteiger partial charge on any atom is 0.214 e. The second kappa shape index (κ2) is 4.50. The maximum atomic E-state index is 11.8. The first-order valence-electron chi connectivity index (χ1n) is 5.21. The fraction of sp³-hybridized carbons (Fsp3) is 0. The first-order chi connectivity index (χ1) is 9.58. The van der Waals surface area contributed by atoms with E-state index >= 15 is 0 Å². The molecule has 0 aromatic heterocycles. The summed E-state index contributed by atoms with van der Waals surface area (Å²) in [5.41, 5.74) is -1.29. The van der Waals surface area contributed by atoms with E-state index < -0.39 is 11.6 Å². The van der Waals surface area contributed by atoms with Crippen molar-refractivity contribution in [3.05, 3.63) is 45.6 Å². The number of carbonyl (C=O) groups excluding carboxylic acids is 2. The minimum Gasteiger partial charge on any atom is -0.287 e. The lowest BCUT2D eigenvalue weighted by Gasteiger charge is -2.18. The second-order valence-electron chi connectivity index (χ2n) is 3.80. The summed E-state index contributed by atoms with van der Waals surface area (Å²) >= 11 is 0. The van der Waals surface area contributed by atoms with Crippen LogP contribution in [0.25, 0.3) is 0 Å². The van der Waals surface area contributed by atoms with Crippen molar-refractivity contribution in [3.63, 3.8) is 0 Å². The summed E-state index contributed by atoms with van der Waals surface area (Å²) < 4.78 is 0. The Morgan fingerprint density at radius 2 is 1.00 bits per heavy atom. The maximum absolute atomic E-state index is 11.8. The smallest absolute Gasteiger partial charge is 0.214 e. The van der Waals surface area contributed by atoms with E-state index in [9.17, 15) is 9.59 Å². The standard InChI is InChI=1S/C14H2N4O2/c15-3-7-1-9-10(12(6-18)13(7)19)2-8(4-16)14(20)11(9)5-17/h1-2H. The molecule has 0 unspecified atom stereocenters. The van der Waals surface area contributed by atoms with Gasteiger partial charge in [0.1, 0.15) is 46.6 Å². The van der Waals surface area contributed by atoms with Crippen LogP contribution in [-0.4, -0.2) is 11.6 Å². The molecule has 0 saturated carbocycles. The molecule has 2 rings (SSSR count). The summed E-state index contributed by atoms with van der Waals surface area (Å²) in [5.74, 6) is -1.57. The Bertz CT molecular complexity index is 794. The van der Waals surface area contributed by atoms with Crippen molar-refractivity contribution >= 4 is 11.6 Å². The number of carbonyl (C=O) groups is 2. The summed E-state index contributed by atoms with van der Waals surface area (Å²) in [6.07, 6.45) is 2.19. The topological polar surface area (TPSA) is 129 Å². The van der Waals surface area contributed by atoms with Gasteiger partial charge in [-0.2, -0.15) is 21.0 Å². The van der Waals surface area contributed by atoms with Crippen molar-refractivity contribution in [3.8, 4) is 24.3 Å². The Hall–Kier alpha value is -3.74. The normalized spacial score (nSPS) is 17.2. The van der Waals surface area contributed by atoms with Gasteiger partial charge in [0.15, 0.2) is 0 Å². The minimum absolute atomic E-state index is 0.0317. The largest absolute Gasteiger partial charge is 0.287 e. The molecule has 2 aliphatic rings. The van der Waals surface area contributed by atoms with Gasteiger partial charge in [-0.15, -0.1) is 0 Å². The van der Waals surface area contributed by atoms with Gasteiger partial charge in [-0.3, -0.25) is 9.59 Å². The van der Waals surface area contributed by atoms with Gasteiger partial charge in [-0.05, 0) is 12.2 Å². The van der Waals surface area contributed by atoms with Gasteiger partial charge in [0.25, 0.3) is 0 Å². The highest BCUT2D eigenvalue weighted by atomic mass is 16.1. The van der Waals surface area contributed by atoms with Crippen LogP contribution in [0.1, 0.15) is 0 Å². The molecule has 6 heteroatoms. The lowest BCUT2D eigenvalue weighted by Crippen LogP contribution is -2.19. The highest BCUT2D eigenvalue weighted by Crippen LogP contribution is 2.34. The van der Waals surface area contributed by atoms with Gasteiger partial charge in [-0.25, -0.2) is 0 Å². The second-order valence-corrected chi connectivity index (χ2v) is 3.80. The molecule has 0 aromatic rings. The van der Waals surface area contributed by atoms with Crippen LogP contribution in [-0.2, 0) is 9.59 Å². The van der Waals surface area contributed by atoms with Crippen LogP contribution in [0.15, 0.2) is 45.6 Å². The average molecular weight is 258 g/mol. The molecule has 0 bridgehead atoms. The molecule has 6 nitrogen and oxygen atoms in total. The number of hydrogen-bond acceptors (Lipinski definition) is 6. The number of nitrogens with zero attached hydrogens (tertiary/aromatic N) is 4. The van der Waals surface area contributed by atoms with E-state index in [4.69, 9.17) is 21.0 Å². The molecular formula is C14H2N4O2. The zero-order valence-electron chi connectivity index (χ0n) is 9.76. The van der Waals surface area contributed by atoms with Crippen LogP contribution >= 0.6 is 0 Å². The molecule has 0 spiro atoms. The van der Waals surface area contributed by atoms with Gasteiger partial charge in [0, 0.05) is 11.1 Å². The summed E-state index contributed by atoms with van der Waals surface area (Å²) in [4.78, 5) is 23.7. The highest BCUT2D eigenvalue weighted by molar-refractivity contribution is 6.21. The third-order valence-electron chi connectivity index (χ3n) is 2.81. The first-order valence-corrected chi connectivity index (χ1v) is 5.21. The first kappa shape index (κ1) is 12.7. The number of hydrogen-bond donors (Lipinski definition) is 0. The molecule has 90 valence electrons. The molecule has 0 heterocycles. The molecular weight excluding hydrogens is 256 g/mol. The van der Waals surface area contributed by atoms with Gasteiger partial charge in [-0.1, -0.05) is 0 Å². The van der Waals surface area contributed by atoms with Crippen molar-refractivity contribution in [2.24, 2.45) is 0 Å². The lowest BCUT2D eigenvalue weighted by molar-refractivity contribution is -0.112. The van der Waals surface area contributed by atoms with Crippen LogP contribution < -0.4 is 0 Å². The molecule has 20 heavy (non-hydrogen) atoms. The van der Waals surface area contributed by atoms with E-state index in [1.165, 1.54) is 0 Å². The van der Waals surface area contributed by atoms with E-state index in [0.29, 0.717) is 0 Å². The third-order valence-corrected chi connectivity index (χ3v) is 2.81. The fourth-order valence-electron chi connectivity index (χ4n) is 1.89. The van der Waals surface area contributed by atoms with Gasteiger partial charge < -0.3 is 0 Å². The molecule has 2 aliphatic carbocycles. The van der Waals surface area contributed by atoms with Gasteiger partial charge >= 0.3 is 0 Å². The van der Waals surface area contributed by atoms with Crippen LogP contribution in [0.2, 0.25) is 0 Å². The molecule has 0 N–H and O–H groups in total. The quantitative estimate of drug-likeness (QED) is 0.628. The van der Waals surface area contributed by atoms with Crippen LogP contribution in [0, 0.1) is 45.3 Å². The van der Waals surface area contributed by atoms with E-state index in [1.807, 2.05) is 0 Å². The number of rotatable bonds is 0. The molecule has 0 atom stereocenters. The molecule has 0 amide bonds. The number of fused-ring (bicyclic) bond motifs is 1. The predicted octanol–water partition coefficient (Wildman–Crippen LogP) is 0.692. The van der Waals surface area contributed by atoms with E-state index in [-0.39, 0.29) is 33.4 Å². The molecule has 0 fully saturated rings. The number of nitriles is 4. The van der Waals surface area contributed by atoms with Crippen LogP contribution in [0.4, 0.5) is 0 Å². The summed E-state index contributed by atoms with van der Waals surface area (Å²) in [6, 6.07) is 6.54. The average Bonchev–Trinajstić information content (AvgIpc) is 2.46.